The Morgan fingerprint density at radius 3 is 3.00 bits per heavy atom. The molecule has 0 aliphatic carbocycles. The molecular weight excluding hydrogens is 264 g/mol. The van der Waals surface area contributed by atoms with Crippen molar-refractivity contribution in [1.82, 2.24) is 9.97 Å². The molecular formula is C12H10N4O2S. The molecule has 0 aliphatic rings. The number of carbonyl (C=O) groups excluding carboxylic acids is 1. The van der Waals surface area contributed by atoms with Crippen LogP contribution in [-0.2, 0) is 11.2 Å². The average Bonchev–Trinajstić information content (AvgIpc) is 2.80. The smallest absolute Gasteiger partial charge is 0.223 e. The van der Waals surface area contributed by atoms with E-state index < -0.39 is 5.91 Å². The van der Waals surface area contributed by atoms with E-state index in [0.29, 0.717) is 27.5 Å². The summed E-state index contributed by atoms with van der Waals surface area (Å²) in [7, 11) is 0. The van der Waals surface area contributed by atoms with Crippen LogP contribution in [0.4, 0.5) is 0 Å². The van der Waals surface area contributed by atoms with Crippen LogP contribution in [0.2, 0.25) is 0 Å². The fourth-order valence-electron chi connectivity index (χ4n) is 1.54. The maximum Gasteiger partial charge on any atom is 0.223 e. The van der Waals surface area contributed by atoms with Crippen molar-refractivity contribution in [3.05, 3.63) is 28.4 Å². The molecule has 0 fully saturated rings. The fourth-order valence-corrected chi connectivity index (χ4v) is 2.35. The summed E-state index contributed by atoms with van der Waals surface area (Å²) in [4.78, 5) is 19.0. The summed E-state index contributed by atoms with van der Waals surface area (Å²) in [5, 5.41) is 21.0. The molecule has 0 spiro atoms. The van der Waals surface area contributed by atoms with Gasteiger partial charge in [-0.15, -0.1) is 11.3 Å². The minimum atomic E-state index is -0.468. The predicted octanol–water partition coefficient (Wildman–Crippen LogP) is 1.12. The van der Waals surface area contributed by atoms with Gasteiger partial charge in [0.1, 0.15) is 22.5 Å². The molecule has 1 amide bonds. The topological polar surface area (TPSA) is 113 Å². The molecule has 2 rings (SSSR count). The number of nitriles is 1. The van der Waals surface area contributed by atoms with Crippen molar-refractivity contribution in [2.45, 2.75) is 13.3 Å². The van der Waals surface area contributed by atoms with E-state index in [1.807, 2.05) is 6.07 Å². The average molecular weight is 274 g/mol. The fraction of sp³-hybridized carbons (Fsp3) is 0.167. The van der Waals surface area contributed by atoms with Gasteiger partial charge in [0.15, 0.2) is 0 Å². The second-order valence-corrected chi connectivity index (χ2v) is 4.75. The number of nitrogens with two attached hydrogens (primary N) is 1. The second-order valence-electron chi connectivity index (χ2n) is 3.89. The standard InChI is InChI=1S/C12H10N4O2S/c1-6-7(3-13)4-15-10(11(6)18)12-16-8(5-19-12)2-9(14)17/h4-5,18H,2H2,1H3,(H2,14,17). The first-order valence-electron chi connectivity index (χ1n) is 5.34. The van der Waals surface area contributed by atoms with E-state index in [1.165, 1.54) is 17.5 Å². The summed E-state index contributed by atoms with van der Waals surface area (Å²) in [5.41, 5.74) is 6.70. The van der Waals surface area contributed by atoms with Gasteiger partial charge in [-0.1, -0.05) is 0 Å². The van der Waals surface area contributed by atoms with Gasteiger partial charge < -0.3 is 10.8 Å². The van der Waals surface area contributed by atoms with Crippen LogP contribution in [0.3, 0.4) is 0 Å². The number of amides is 1. The molecule has 2 aromatic rings. The maximum absolute atomic E-state index is 10.8. The zero-order valence-electron chi connectivity index (χ0n) is 10.0. The second kappa shape index (κ2) is 5.04. The van der Waals surface area contributed by atoms with E-state index in [9.17, 15) is 9.90 Å². The van der Waals surface area contributed by atoms with Crippen molar-refractivity contribution < 1.29 is 9.90 Å². The highest BCUT2D eigenvalue weighted by atomic mass is 32.1. The van der Waals surface area contributed by atoms with Gasteiger partial charge in [0, 0.05) is 17.1 Å². The lowest BCUT2D eigenvalue weighted by Gasteiger charge is -2.04. The first-order valence-corrected chi connectivity index (χ1v) is 6.22. The molecule has 0 aromatic carbocycles. The van der Waals surface area contributed by atoms with Crippen molar-refractivity contribution >= 4 is 17.2 Å². The number of hydrogen-bond donors (Lipinski definition) is 2. The SMILES string of the molecule is Cc1c(C#N)cnc(-c2nc(CC(N)=O)cs2)c1O. The van der Waals surface area contributed by atoms with Crippen LogP contribution in [0, 0.1) is 18.3 Å². The van der Waals surface area contributed by atoms with E-state index in [-0.39, 0.29) is 12.2 Å². The van der Waals surface area contributed by atoms with Crippen LogP contribution >= 0.6 is 11.3 Å². The summed E-state index contributed by atoms with van der Waals surface area (Å²) in [6.45, 7) is 1.64. The van der Waals surface area contributed by atoms with E-state index >= 15 is 0 Å². The highest BCUT2D eigenvalue weighted by Crippen LogP contribution is 2.33. The van der Waals surface area contributed by atoms with Crippen molar-refractivity contribution in [2.75, 3.05) is 0 Å². The van der Waals surface area contributed by atoms with E-state index in [2.05, 4.69) is 9.97 Å². The molecule has 2 heterocycles. The van der Waals surface area contributed by atoms with Crippen LogP contribution < -0.4 is 5.73 Å². The van der Waals surface area contributed by atoms with E-state index in [1.54, 1.807) is 12.3 Å². The molecule has 0 saturated heterocycles. The largest absolute Gasteiger partial charge is 0.505 e. The van der Waals surface area contributed by atoms with Gasteiger partial charge in [0.2, 0.25) is 5.91 Å². The van der Waals surface area contributed by atoms with Gasteiger partial charge in [-0.3, -0.25) is 4.79 Å². The van der Waals surface area contributed by atoms with Gasteiger partial charge in [-0.2, -0.15) is 5.26 Å². The molecule has 0 aliphatic heterocycles. The Morgan fingerprint density at radius 1 is 1.63 bits per heavy atom. The molecule has 0 unspecified atom stereocenters. The summed E-state index contributed by atoms with van der Waals surface area (Å²) in [6, 6.07) is 1.95. The van der Waals surface area contributed by atoms with Gasteiger partial charge in [0.05, 0.1) is 17.7 Å². The van der Waals surface area contributed by atoms with Gasteiger partial charge in [0.25, 0.3) is 0 Å². The zero-order chi connectivity index (χ0) is 14.0. The predicted molar refractivity (Wildman–Crippen MR) is 69.4 cm³/mol. The maximum atomic E-state index is 10.8. The highest BCUT2D eigenvalue weighted by molar-refractivity contribution is 7.13. The molecule has 6 nitrogen and oxygen atoms in total. The summed E-state index contributed by atoms with van der Waals surface area (Å²) < 4.78 is 0. The highest BCUT2D eigenvalue weighted by Gasteiger charge is 2.15. The Morgan fingerprint density at radius 2 is 2.37 bits per heavy atom. The third-order valence-electron chi connectivity index (χ3n) is 2.54. The number of primary amides is 1. The number of thiazole rings is 1. The molecule has 19 heavy (non-hydrogen) atoms. The van der Waals surface area contributed by atoms with Crippen molar-refractivity contribution in [3.8, 4) is 22.5 Å². The van der Waals surface area contributed by atoms with Gasteiger partial charge >= 0.3 is 0 Å². The summed E-state index contributed by atoms with van der Waals surface area (Å²) >= 11 is 1.26. The number of rotatable bonds is 3. The van der Waals surface area contributed by atoms with Crippen LogP contribution in [0.1, 0.15) is 16.8 Å². The molecule has 2 aromatic heterocycles. The quantitative estimate of drug-likeness (QED) is 0.870. The Balaban J connectivity index is 2.43. The monoisotopic (exact) mass is 274 g/mol. The van der Waals surface area contributed by atoms with E-state index in [4.69, 9.17) is 11.0 Å². The Labute approximate surface area is 113 Å². The zero-order valence-corrected chi connectivity index (χ0v) is 10.9. The number of pyridine rings is 1. The minimum Gasteiger partial charge on any atom is -0.505 e. The Bertz CT molecular complexity index is 688. The third-order valence-corrected chi connectivity index (χ3v) is 3.43. The molecule has 3 N–H and O–H groups in total. The lowest BCUT2D eigenvalue weighted by Crippen LogP contribution is -2.13. The molecule has 0 radical (unpaired) electrons. The Hall–Kier alpha value is -2.46. The lowest BCUT2D eigenvalue weighted by molar-refractivity contribution is -0.117. The number of aromatic nitrogens is 2. The van der Waals surface area contributed by atoms with Crippen molar-refractivity contribution in [2.24, 2.45) is 5.73 Å². The molecule has 0 saturated carbocycles. The minimum absolute atomic E-state index is 0.0481. The number of nitrogens with zero attached hydrogens (tertiary/aromatic N) is 3. The number of aromatic hydroxyl groups is 1. The van der Waals surface area contributed by atoms with Crippen molar-refractivity contribution in [3.63, 3.8) is 0 Å². The van der Waals surface area contributed by atoms with Crippen LogP contribution in [0.15, 0.2) is 11.6 Å². The first kappa shape index (κ1) is 13.0. The van der Waals surface area contributed by atoms with Gasteiger partial charge in [-0.05, 0) is 6.92 Å². The van der Waals surface area contributed by atoms with Crippen LogP contribution in [-0.4, -0.2) is 21.0 Å². The molecule has 96 valence electrons. The first-order chi connectivity index (χ1) is 9.02. The van der Waals surface area contributed by atoms with E-state index in [0.717, 1.165) is 0 Å². The third kappa shape index (κ3) is 2.53. The van der Waals surface area contributed by atoms with Crippen LogP contribution in [0.5, 0.6) is 5.75 Å². The van der Waals surface area contributed by atoms with Crippen molar-refractivity contribution in [1.29, 1.82) is 5.26 Å². The number of hydrogen-bond acceptors (Lipinski definition) is 6. The summed E-state index contributed by atoms with van der Waals surface area (Å²) in [6.07, 6.45) is 1.44. The molecule has 0 bridgehead atoms. The lowest BCUT2D eigenvalue weighted by atomic mass is 10.1. The number of carbonyl (C=O) groups is 1. The summed E-state index contributed by atoms with van der Waals surface area (Å²) in [5.74, 6) is -0.538. The normalized spacial score (nSPS) is 10.1. The molecule has 7 heteroatoms. The molecule has 0 atom stereocenters. The van der Waals surface area contributed by atoms with Gasteiger partial charge in [-0.25, -0.2) is 9.97 Å². The van der Waals surface area contributed by atoms with Crippen LogP contribution in [0.25, 0.3) is 10.7 Å². The Kier molecular flexibility index (Phi) is 3.44.